The quantitative estimate of drug-likeness (QED) is 0.772. The molecule has 0 aliphatic carbocycles. The first kappa shape index (κ1) is 8.90. The van der Waals surface area contributed by atoms with Gasteiger partial charge in [-0.3, -0.25) is 4.79 Å². The van der Waals surface area contributed by atoms with Gasteiger partial charge in [-0.1, -0.05) is 0 Å². The summed E-state index contributed by atoms with van der Waals surface area (Å²) < 4.78 is 10.2. The molecule has 1 N–H and O–H groups in total. The molecule has 0 spiro atoms. The topological polar surface area (TPSA) is 89.6 Å². The Bertz CT molecular complexity index is 627. The minimum atomic E-state index is -1.18. The van der Waals surface area contributed by atoms with Gasteiger partial charge < -0.3 is 14.3 Å². The second kappa shape index (κ2) is 2.82. The van der Waals surface area contributed by atoms with E-state index in [1.54, 1.807) is 0 Å². The second-order valence-corrected chi connectivity index (χ2v) is 3.35. The van der Waals surface area contributed by atoms with Crippen molar-refractivity contribution in [3.05, 3.63) is 23.6 Å². The number of ether oxygens (including phenoxy) is 1. The molecule has 0 aromatic carbocycles. The molecular formula is C10H5NO5. The standard InChI is InChI=1S/C10H5NO5/c12-6-3-15-8-4-1-7(10(13)14)16-9(4)11-2-5(6)8/h1-2H,3H2,(H,13,14). The number of aromatic nitrogens is 1. The monoisotopic (exact) mass is 219 g/mol. The van der Waals surface area contributed by atoms with Gasteiger partial charge in [0.1, 0.15) is 5.75 Å². The molecule has 0 saturated heterocycles. The maximum absolute atomic E-state index is 11.3. The third-order valence-electron chi connectivity index (χ3n) is 2.37. The van der Waals surface area contributed by atoms with Gasteiger partial charge in [0.05, 0.1) is 10.9 Å². The molecule has 6 nitrogen and oxygen atoms in total. The molecule has 0 atom stereocenters. The Hall–Kier alpha value is -2.37. The summed E-state index contributed by atoms with van der Waals surface area (Å²) in [7, 11) is 0. The van der Waals surface area contributed by atoms with Crippen molar-refractivity contribution in [1.29, 1.82) is 0 Å². The zero-order valence-corrected chi connectivity index (χ0v) is 7.89. The number of fused-ring (bicyclic) bond motifs is 3. The van der Waals surface area contributed by atoms with Crippen molar-refractivity contribution >= 4 is 22.9 Å². The predicted molar refractivity (Wildman–Crippen MR) is 50.8 cm³/mol. The first-order valence-electron chi connectivity index (χ1n) is 4.48. The molecular weight excluding hydrogens is 214 g/mol. The second-order valence-electron chi connectivity index (χ2n) is 3.35. The van der Waals surface area contributed by atoms with Crippen LogP contribution in [0.3, 0.4) is 0 Å². The molecule has 0 radical (unpaired) electrons. The van der Waals surface area contributed by atoms with Gasteiger partial charge in [0.2, 0.25) is 17.3 Å². The Morgan fingerprint density at radius 2 is 2.31 bits per heavy atom. The summed E-state index contributed by atoms with van der Waals surface area (Å²) in [4.78, 5) is 25.9. The van der Waals surface area contributed by atoms with E-state index in [9.17, 15) is 9.59 Å². The fraction of sp³-hybridized carbons (Fsp3) is 0.100. The molecule has 3 rings (SSSR count). The molecule has 1 aliphatic rings. The summed E-state index contributed by atoms with van der Waals surface area (Å²) >= 11 is 0. The lowest BCUT2D eigenvalue weighted by atomic mass is 10.2. The molecule has 16 heavy (non-hydrogen) atoms. The number of pyridine rings is 1. The number of hydrogen-bond acceptors (Lipinski definition) is 5. The van der Waals surface area contributed by atoms with Crippen LogP contribution in [0.25, 0.3) is 11.1 Å². The van der Waals surface area contributed by atoms with Crippen molar-refractivity contribution in [3.8, 4) is 5.75 Å². The average molecular weight is 219 g/mol. The first-order chi connectivity index (χ1) is 7.66. The molecule has 80 valence electrons. The molecule has 3 heterocycles. The largest absolute Gasteiger partial charge is 0.484 e. The number of hydrogen-bond donors (Lipinski definition) is 1. The number of furan rings is 1. The molecule has 0 fully saturated rings. The van der Waals surface area contributed by atoms with Gasteiger partial charge in [-0.15, -0.1) is 0 Å². The number of Topliss-reactive ketones (excluding diaryl/α,β-unsaturated/α-hetero) is 1. The highest BCUT2D eigenvalue weighted by Crippen LogP contribution is 2.34. The lowest BCUT2D eigenvalue weighted by Gasteiger charge is -1.95. The third-order valence-corrected chi connectivity index (χ3v) is 2.37. The lowest BCUT2D eigenvalue weighted by Crippen LogP contribution is -1.98. The van der Waals surface area contributed by atoms with Crippen molar-refractivity contribution in [2.45, 2.75) is 0 Å². The minimum Gasteiger partial charge on any atom is -0.484 e. The fourth-order valence-electron chi connectivity index (χ4n) is 1.64. The van der Waals surface area contributed by atoms with Crippen molar-refractivity contribution in [2.24, 2.45) is 0 Å². The van der Waals surface area contributed by atoms with Gasteiger partial charge in [-0.05, 0) is 0 Å². The number of aromatic carboxylic acids is 1. The Kier molecular flexibility index (Phi) is 1.57. The Labute approximate surface area is 88.4 Å². The van der Waals surface area contributed by atoms with E-state index in [1.807, 2.05) is 0 Å². The smallest absolute Gasteiger partial charge is 0.371 e. The van der Waals surface area contributed by atoms with Crippen molar-refractivity contribution < 1.29 is 23.8 Å². The molecule has 6 heteroatoms. The number of rotatable bonds is 1. The Morgan fingerprint density at radius 1 is 1.50 bits per heavy atom. The third kappa shape index (κ3) is 1.04. The van der Waals surface area contributed by atoms with Gasteiger partial charge >= 0.3 is 5.97 Å². The van der Waals surface area contributed by atoms with Gasteiger partial charge in [0.25, 0.3) is 0 Å². The number of ketones is 1. The molecule has 0 bridgehead atoms. The summed E-state index contributed by atoms with van der Waals surface area (Å²) in [6.07, 6.45) is 1.34. The maximum atomic E-state index is 11.3. The molecule has 2 aromatic heterocycles. The van der Waals surface area contributed by atoms with Gasteiger partial charge in [-0.25, -0.2) is 9.78 Å². The number of nitrogens with zero attached hydrogens (tertiary/aromatic N) is 1. The van der Waals surface area contributed by atoms with Crippen LogP contribution in [0.15, 0.2) is 16.7 Å². The van der Waals surface area contributed by atoms with E-state index in [1.165, 1.54) is 12.3 Å². The maximum Gasteiger partial charge on any atom is 0.371 e. The van der Waals surface area contributed by atoms with Crippen LogP contribution >= 0.6 is 0 Å². The van der Waals surface area contributed by atoms with E-state index in [0.717, 1.165) is 0 Å². The van der Waals surface area contributed by atoms with E-state index in [4.69, 9.17) is 14.3 Å². The zero-order chi connectivity index (χ0) is 11.3. The average Bonchev–Trinajstić information content (AvgIpc) is 2.81. The summed E-state index contributed by atoms with van der Waals surface area (Å²) in [5, 5.41) is 9.17. The van der Waals surface area contributed by atoms with E-state index in [-0.39, 0.29) is 23.9 Å². The SMILES string of the molecule is O=C(O)c1cc2c3c(cnc2o1)C(=O)CO3. The fourth-order valence-corrected chi connectivity index (χ4v) is 1.64. The van der Waals surface area contributed by atoms with Crippen molar-refractivity contribution in [1.82, 2.24) is 4.98 Å². The van der Waals surface area contributed by atoms with Gasteiger partial charge in [0.15, 0.2) is 6.61 Å². The molecule has 0 saturated carbocycles. The number of carboxylic acids is 1. The molecule has 1 aliphatic heterocycles. The van der Waals surface area contributed by atoms with Crippen LogP contribution in [-0.2, 0) is 0 Å². The van der Waals surface area contributed by atoms with Crippen molar-refractivity contribution in [3.63, 3.8) is 0 Å². The van der Waals surface area contributed by atoms with Gasteiger partial charge in [-0.2, -0.15) is 0 Å². The summed E-state index contributed by atoms with van der Waals surface area (Å²) in [5.41, 5.74) is 0.524. The highest BCUT2D eigenvalue weighted by molar-refractivity contribution is 6.07. The highest BCUT2D eigenvalue weighted by Gasteiger charge is 2.26. The molecule has 2 aromatic rings. The van der Waals surface area contributed by atoms with Crippen LogP contribution in [0.5, 0.6) is 5.75 Å². The van der Waals surface area contributed by atoms with Gasteiger partial charge in [0, 0.05) is 12.3 Å². The highest BCUT2D eigenvalue weighted by atomic mass is 16.5. The summed E-state index contributed by atoms with van der Waals surface area (Å²) in [6.45, 7) is -0.0380. The van der Waals surface area contributed by atoms with Crippen LogP contribution in [-0.4, -0.2) is 28.4 Å². The minimum absolute atomic E-state index is 0.0380. The molecule has 0 amide bonds. The van der Waals surface area contributed by atoms with E-state index in [2.05, 4.69) is 4.98 Å². The summed E-state index contributed by atoms with van der Waals surface area (Å²) in [6, 6.07) is 1.31. The predicted octanol–water partition coefficient (Wildman–Crippen LogP) is 1.10. The Morgan fingerprint density at radius 3 is 3.06 bits per heavy atom. The van der Waals surface area contributed by atoms with E-state index < -0.39 is 5.97 Å². The van der Waals surface area contributed by atoms with Crippen LogP contribution in [0, 0.1) is 0 Å². The number of carbonyl (C=O) groups excluding carboxylic acids is 1. The van der Waals surface area contributed by atoms with Crippen molar-refractivity contribution in [2.75, 3.05) is 6.61 Å². The van der Waals surface area contributed by atoms with Crippen LogP contribution in [0.1, 0.15) is 20.9 Å². The Balaban J connectivity index is 2.33. The number of carbonyl (C=O) groups is 2. The van der Waals surface area contributed by atoms with Crippen LogP contribution < -0.4 is 4.74 Å². The molecule has 0 unspecified atom stereocenters. The first-order valence-corrected chi connectivity index (χ1v) is 4.48. The normalized spacial score (nSPS) is 13.9. The summed E-state index contributed by atoms with van der Waals surface area (Å²) in [5.74, 6) is -1.22. The van der Waals surface area contributed by atoms with E-state index >= 15 is 0 Å². The van der Waals surface area contributed by atoms with Crippen LogP contribution in [0.4, 0.5) is 0 Å². The van der Waals surface area contributed by atoms with Crippen LogP contribution in [0.2, 0.25) is 0 Å². The lowest BCUT2D eigenvalue weighted by molar-refractivity contribution is 0.0664. The zero-order valence-electron chi connectivity index (χ0n) is 7.89. The number of carboxylic acid groups (broad SMARTS) is 1. The van der Waals surface area contributed by atoms with E-state index in [0.29, 0.717) is 16.7 Å².